The molecule has 5 heteroatoms. The van der Waals surface area contributed by atoms with Gasteiger partial charge in [-0.3, -0.25) is 9.78 Å². The Morgan fingerprint density at radius 1 is 1.71 bits per heavy atom. The molecule has 1 aromatic rings. The summed E-state index contributed by atoms with van der Waals surface area (Å²) in [6.45, 7) is 4.81. The highest BCUT2D eigenvalue weighted by Crippen LogP contribution is 2.14. The van der Waals surface area contributed by atoms with Gasteiger partial charge in [-0.15, -0.1) is 6.58 Å². The first-order chi connectivity index (χ1) is 8.22. The number of carbonyl (C=O) groups excluding carboxylic acids is 1. The minimum atomic E-state index is -0.227. The normalized spacial score (nSPS) is 9.76. The van der Waals surface area contributed by atoms with Gasteiger partial charge in [-0.25, -0.2) is 0 Å². The van der Waals surface area contributed by atoms with Gasteiger partial charge in [0.2, 0.25) is 0 Å². The second-order valence-electron chi connectivity index (χ2n) is 3.44. The molecule has 0 aliphatic carbocycles. The summed E-state index contributed by atoms with van der Waals surface area (Å²) < 4.78 is 0. The van der Waals surface area contributed by atoms with E-state index in [9.17, 15) is 4.79 Å². The minimum absolute atomic E-state index is 0.0471. The molecule has 0 bridgehead atoms. The van der Waals surface area contributed by atoms with Crippen molar-refractivity contribution in [3.05, 3.63) is 36.7 Å². The van der Waals surface area contributed by atoms with Gasteiger partial charge in [0.25, 0.3) is 5.91 Å². The standard InChI is InChI=1S/C12H17N3O2/c1-3-6-15(7-8-16)10-4-5-14-11(9-10)12(17)13-2/h3-5,9,16H,1,6-8H2,2H3,(H,13,17). The van der Waals surface area contributed by atoms with Crippen LogP contribution < -0.4 is 10.2 Å². The first-order valence-electron chi connectivity index (χ1n) is 5.37. The third-order valence-electron chi connectivity index (χ3n) is 2.29. The van der Waals surface area contributed by atoms with Crippen molar-refractivity contribution in [2.45, 2.75) is 0 Å². The summed E-state index contributed by atoms with van der Waals surface area (Å²) in [5.74, 6) is -0.227. The molecule has 0 aliphatic heterocycles. The van der Waals surface area contributed by atoms with Crippen LogP contribution in [0.2, 0.25) is 0 Å². The Balaban J connectivity index is 2.94. The third-order valence-corrected chi connectivity index (χ3v) is 2.29. The van der Waals surface area contributed by atoms with Gasteiger partial charge < -0.3 is 15.3 Å². The highest BCUT2D eigenvalue weighted by Gasteiger charge is 2.09. The molecule has 0 saturated carbocycles. The highest BCUT2D eigenvalue weighted by atomic mass is 16.3. The first-order valence-corrected chi connectivity index (χ1v) is 5.37. The maximum Gasteiger partial charge on any atom is 0.269 e. The van der Waals surface area contributed by atoms with Crippen LogP contribution in [-0.2, 0) is 0 Å². The number of aliphatic hydroxyl groups excluding tert-OH is 1. The van der Waals surface area contributed by atoms with Crippen LogP contribution in [0.3, 0.4) is 0 Å². The van der Waals surface area contributed by atoms with Gasteiger partial charge in [0.1, 0.15) is 5.69 Å². The Hall–Kier alpha value is -1.88. The fraction of sp³-hybridized carbons (Fsp3) is 0.333. The number of nitrogens with zero attached hydrogens (tertiary/aromatic N) is 2. The second-order valence-corrected chi connectivity index (χ2v) is 3.44. The molecule has 0 aromatic carbocycles. The molecule has 0 fully saturated rings. The molecule has 92 valence electrons. The van der Waals surface area contributed by atoms with Crippen LogP contribution in [0.25, 0.3) is 0 Å². The van der Waals surface area contributed by atoms with E-state index in [1.165, 1.54) is 0 Å². The SMILES string of the molecule is C=CCN(CCO)c1ccnc(C(=O)NC)c1. The maximum atomic E-state index is 11.4. The predicted molar refractivity (Wildman–Crippen MR) is 67.1 cm³/mol. The maximum absolute atomic E-state index is 11.4. The van der Waals surface area contributed by atoms with Crippen molar-refractivity contribution in [2.24, 2.45) is 0 Å². The van der Waals surface area contributed by atoms with Gasteiger partial charge >= 0.3 is 0 Å². The Bertz CT molecular complexity index is 393. The van der Waals surface area contributed by atoms with Gasteiger partial charge in [-0.05, 0) is 12.1 Å². The van der Waals surface area contributed by atoms with Crippen LogP contribution in [0.1, 0.15) is 10.5 Å². The molecule has 1 aromatic heterocycles. The fourth-order valence-electron chi connectivity index (χ4n) is 1.47. The topological polar surface area (TPSA) is 65.5 Å². The summed E-state index contributed by atoms with van der Waals surface area (Å²) in [6.07, 6.45) is 3.32. The predicted octanol–water partition coefficient (Wildman–Crippen LogP) is 0.426. The van der Waals surface area contributed by atoms with Crippen molar-refractivity contribution in [2.75, 3.05) is 31.6 Å². The Labute approximate surface area is 101 Å². The molecule has 2 N–H and O–H groups in total. The largest absolute Gasteiger partial charge is 0.395 e. The number of hydrogen-bond acceptors (Lipinski definition) is 4. The van der Waals surface area contributed by atoms with E-state index in [1.807, 2.05) is 4.90 Å². The molecule has 0 aliphatic rings. The number of amides is 1. The lowest BCUT2D eigenvalue weighted by Gasteiger charge is -2.22. The molecule has 0 radical (unpaired) electrons. The summed E-state index contributed by atoms with van der Waals surface area (Å²) >= 11 is 0. The Kier molecular flexibility index (Phi) is 5.16. The van der Waals surface area contributed by atoms with Crippen LogP contribution in [0.15, 0.2) is 31.0 Å². The number of aliphatic hydroxyl groups is 1. The van der Waals surface area contributed by atoms with Crippen LogP contribution in [0.5, 0.6) is 0 Å². The summed E-state index contributed by atoms with van der Waals surface area (Å²) in [6, 6.07) is 3.49. The van der Waals surface area contributed by atoms with Crippen molar-refractivity contribution >= 4 is 11.6 Å². The van der Waals surface area contributed by atoms with Gasteiger partial charge in [-0.2, -0.15) is 0 Å². The molecule has 1 amide bonds. The molecular weight excluding hydrogens is 218 g/mol. The lowest BCUT2D eigenvalue weighted by Crippen LogP contribution is -2.27. The van der Waals surface area contributed by atoms with Gasteiger partial charge in [-0.1, -0.05) is 6.08 Å². The molecule has 17 heavy (non-hydrogen) atoms. The Morgan fingerprint density at radius 2 is 2.47 bits per heavy atom. The zero-order chi connectivity index (χ0) is 12.7. The molecule has 0 saturated heterocycles. The molecular formula is C12H17N3O2. The molecule has 0 spiro atoms. The fourth-order valence-corrected chi connectivity index (χ4v) is 1.47. The number of rotatable bonds is 6. The van der Waals surface area contributed by atoms with Crippen LogP contribution >= 0.6 is 0 Å². The molecule has 0 unspecified atom stereocenters. The lowest BCUT2D eigenvalue weighted by molar-refractivity contribution is 0.0958. The summed E-state index contributed by atoms with van der Waals surface area (Å²) in [7, 11) is 1.56. The number of carbonyl (C=O) groups is 1. The van der Waals surface area contributed by atoms with Crippen molar-refractivity contribution in [3.63, 3.8) is 0 Å². The number of pyridine rings is 1. The van der Waals surface area contributed by atoms with Gasteiger partial charge in [0.05, 0.1) is 6.61 Å². The highest BCUT2D eigenvalue weighted by molar-refractivity contribution is 5.92. The van der Waals surface area contributed by atoms with E-state index in [0.29, 0.717) is 18.8 Å². The first kappa shape index (κ1) is 13.2. The zero-order valence-electron chi connectivity index (χ0n) is 9.89. The average molecular weight is 235 g/mol. The van der Waals surface area contributed by atoms with Crippen molar-refractivity contribution in [1.82, 2.24) is 10.3 Å². The minimum Gasteiger partial charge on any atom is -0.395 e. The van der Waals surface area contributed by atoms with Crippen LogP contribution in [0.4, 0.5) is 5.69 Å². The summed E-state index contributed by atoms with van der Waals surface area (Å²) in [4.78, 5) is 17.3. The van der Waals surface area contributed by atoms with E-state index >= 15 is 0 Å². The number of nitrogens with one attached hydrogen (secondary N) is 1. The molecule has 1 rings (SSSR count). The second kappa shape index (κ2) is 6.65. The number of hydrogen-bond donors (Lipinski definition) is 2. The Morgan fingerprint density at radius 3 is 3.06 bits per heavy atom. The van der Waals surface area contributed by atoms with E-state index < -0.39 is 0 Å². The third kappa shape index (κ3) is 3.57. The van der Waals surface area contributed by atoms with Crippen molar-refractivity contribution < 1.29 is 9.90 Å². The van der Waals surface area contributed by atoms with E-state index in [-0.39, 0.29) is 12.5 Å². The van der Waals surface area contributed by atoms with Crippen LogP contribution in [-0.4, -0.2) is 42.7 Å². The summed E-state index contributed by atoms with van der Waals surface area (Å²) in [5.41, 5.74) is 1.20. The van der Waals surface area contributed by atoms with Gasteiger partial charge in [0, 0.05) is 32.0 Å². The van der Waals surface area contributed by atoms with Crippen molar-refractivity contribution in [3.8, 4) is 0 Å². The monoisotopic (exact) mass is 235 g/mol. The number of anilines is 1. The molecule has 1 heterocycles. The van der Waals surface area contributed by atoms with E-state index in [4.69, 9.17) is 5.11 Å². The van der Waals surface area contributed by atoms with E-state index in [0.717, 1.165) is 5.69 Å². The zero-order valence-corrected chi connectivity index (χ0v) is 9.89. The van der Waals surface area contributed by atoms with E-state index in [2.05, 4.69) is 16.9 Å². The lowest BCUT2D eigenvalue weighted by atomic mass is 10.2. The average Bonchev–Trinajstić information content (AvgIpc) is 2.37. The van der Waals surface area contributed by atoms with Crippen LogP contribution in [0, 0.1) is 0 Å². The summed E-state index contributed by atoms with van der Waals surface area (Å²) in [5, 5.41) is 11.5. The number of aromatic nitrogens is 1. The molecule has 0 atom stereocenters. The van der Waals surface area contributed by atoms with E-state index in [1.54, 1.807) is 31.5 Å². The quantitative estimate of drug-likeness (QED) is 0.702. The molecule has 5 nitrogen and oxygen atoms in total. The smallest absolute Gasteiger partial charge is 0.269 e. The van der Waals surface area contributed by atoms with Crippen molar-refractivity contribution in [1.29, 1.82) is 0 Å². The van der Waals surface area contributed by atoms with Gasteiger partial charge in [0.15, 0.2) is 0 Å².